The Morgan fingerprint density at radius 1 is 0.889 bits per heavy atom. The summed E-state index contributed by atoms with van der Waals surface area (Å²) in [6.45, 7) is 0. The van der Waals surface area contributed by atoms with E-state index in [2.05, 4.69) is 12.1 Å². The predicted molar refractivity (Wildman–Crippen MR) is 75.5 cm³/mol. The third-order valence-corrected chi connectivity index (χ3v) is 3.13. The van der Waals surface area contributed by atoms with E-state index in [1.54, 1.807) is 0 Å². The number of hydrogen-bond acceptors (Lipinski definition) is 2. The van der Waals surface area contributed by atoms with Gasteiger partial charge in [0.15, 0.2) is 0 Å². The zero-order chi connectivity index (χ0) is 11.7. The number of rotatable bonds is 3. The van der Waals surface area contributed by atoms with Crippen LogP contribution in [-0.2, 0) is 0 Å². The Morgan fingerprint density at radius 3 is 2.00 bits per heavy atom. The molecule has 94 valence electrons. The number of para-hydroxylation sites is 1. The van der Waals surface area contributed by atoms with Crippen LogP contribution in [0.4, 0.5) is 0 Å². The largest absolute Gasteiger partial charge is 0.457 e. The van der Waals surface area contributed by atoms with E-state index in [-0.39, 0.29) is 12.4 Å². The van der Waals surface area contributed by atoms with Crippen LogP contribution in [0.5, 0.6) is 11.5 Å². The monoisotopic (exact) mass is 261 g/mol. The molecule has 0 aliphatic heterocycles. The molecule has 0 heterocycles. The van der Waals surface area contributed by atoms with Crippen LogP contribution in [0, 0.1) is 0 Å². The standard InChI is InChI=1S/C15H15NO.ClH/c16-15-10-14(15)11-6-8-13(9-7-11)17-12-4-2-1-3-5-12;/h1-9,14-15H,10,16H2;1H. The Kier molecular flexibility index (Phi) is 3.90. The lowest BCUT2D eigenvalue weighted by Crippen LogP contribution is -2.00. The van der Waals surface area contributed by atoms with Gasteiger partial charge in [-0.2, -0.15) is 0 Å². The lowest BCUT2D eigenvalue weighted by atomic mass is 10.1. The molecule has 2 N–H and O–H groups in total. The fraction of sp³-hybridized carbons (Fsp3) is 0.200. The number of nitrogens with two attached hydrogens (primary N) is 1. The van der Waals surface area contributed by atoms with Gasteiger partial charge < -0.3 is 10.5 Å². The van der Waals surface area contributed by atoms with E-state index in [0.29, 0.717) is 12.0 Å². The number of hydrogen-bond donors (Lipinski definition) is 1. The molecule has 2 atom stereocenters. The number of benzene rings is 2. The second kappa shape index (κ2) is 5.42. The first-order valence-electron chi connectivity index (χ1n) is 5.91. The van der Waals surface area contributed by atoms with Crippen molar-refractivity contribution in [3.05, 3.63) is 60.2 Å². The van der Waals surface area contributed by atoms with Gasteiger partial charge in [0.25, 0.3) is 0 Å². The highest BCUT2D eigenvalue weighted by atomic mass is 35.5. The van der Waals surface area contributed by atoms with Crippen LogP contribution in [-0.4, -0.2) is 6.04 Å². The van der Waals surface area contributed by atoms with Gasteiger partial charge in [0.2, 0.25) is 0 Å². The van der Waals surface area contributed by atoms with E-state index >= 15 is 0 Å². The molecule has 0 bridgehead atoms. The third kappa shape index (κ3) is 2.84. The van der Waals surface area contributed by atoms with Gasteiger partial charge in [-0.15, -0.1) is 12.4 Å². The van der Waals surface area contributed by atoms with Crippen molar-refractivity contribution in [2.24, 2.45) is 5.73 Å². The molecule has 1 fully saturated rings. The molecule has 1 aliphatic carbocycles. The fourth-order valence-corrected chi connectivity index (χ4v) is 2.01. The van der Waals surface area contributed by atoms with Crippen LogP contribution >= 0.6 is 12.4 Å². The summed E-state index contributed by atoms with van der Waals surface area (Å²) in [6.07, 6.45) is 1.11. The van der Waals surface area contributed by atoms with Crippen LogP contribution in [0.15, 0.2) is 54.6 Å². The zero-order valence-electron chi connectivity index (χ0n) is 9.95. The Hall–Kier alpha value is -1.51. The average molecular weight is 262 g/mol. The van der Waals surface area contributed by atoms with E-state index in [4.69, 9.17) is 10.5 Å². The first-order valence-corrected chi connectivity index (χ1v) is 5.91. The highest BCUT2D eigenvalue weighted by Crippen LogP contribution is 2.39. The maximum Gasteiger partial charge on any atom is 0.127 e. The van der Waals surface area contributed by atoms with Crippen molar-refractivity contribution in [2.75, 3.05) is 0 Å². The van der Waals surface area contributed by atoms with Crippen molar-refractivity contribution in [2.45, 2.75) is 18.4 Å². The summed E-state index contributed by atoms with van der Waals surface area (Å²) in [6, 6.07) is 18.4. The van der Waals surface area contributed by atoms with Crippen LogP contribution in [0.3, 0.4) is 0 Å². The Labute approximate surface area is 113 Å². The molecule has 2 aromatic carbocycles. The first-order chi connectivity index (χ1) is 8.33. The summed E-state index contributed by atoms with van der Waals surface area (Å²) in [5.74, 6) is 2.29. The van der Waals surface area contributed by atoms with Gasteiger partial charge in [0, 0.05) is 12.0 Å². The van der Waals surface area contributed by atoms with E-state index in [0.717, 1.165) is 17.9 Å². The molecule has 0 saturated heterocycles. The van der Waals surface area contributed by atoms with Crippen LogP contribution in [0.25, 0.3) is 0 Å². The van der Waals surface area contributed by atoms with Gasteiger partial charge in [0.05, 0.1) is 0 Å². The maximum atomic E-state index is 5.83. The molecule has 3 rings (SSSR count). The number of ether oxygens (including phenoxy) is 1. The lowest BCUT2D eigenvalue weighted by molar-refractivity contribution is 0.482. The molecule has 1 saturated carbocycles. The molecule has 0 spiro atoms. The summed E-state index contributed by atoms with van der Waals surface area (Å²) >= 11 is 0. The fourth-order valence-electron chi connectivity index (χ4n) is 2.01. The molecule has 2 nitrogen and oxygen atoms in total. The maximum absolute atomic E-state index is 5.83. The van der Waals surface area contributed by atoms with Gasteiger partial charge in [-0.1, -0.05) is 30.3 Å². The molecule has 18 heavy (non-hydrogen) atoms. The van der Waals surface area contributed by atoms with E-state index in [1.807, 2.05) is 42.5 Å². The lowest BCUT2D eigenvalue weighted by Gasteiger charge is -2.06. The molecular weight excluding hydrogens is 246 g/mol. The Bertz CT molecular complexity index is 498. The van der Waals surface area contributed by atoms with Crippen molar-refractivity contribution in [3.63, 3.8) is 0 Å². The Morgan fingerprint density at radius 2 is 1.44 bits per heavy atom. The highest BCUT2D eigenvalue weighted by Gasteiger charge is 2.34. The van der Waals surface area contributed by atoms with Gasteiger partial charge in [-0.3, -0.25) is 0 Å². The summed E-state index contributed by atoms with van der Waals surface area (Å²) in [5.41, 5.74) is 7.15. The molecule has 0 aromatic heterocycles. The Balaban J connectivity index is 0.00000120. The van der Waals surface area contributed by atoms with Crippen molar-refractivity contribution in [1.29, 1.82) is 0 Å². The zero-order valence-corrected chi connectivity index (χ0v) is 10.8. The number of halogens is 1. The van der Waals surface area contributed by atoms with Crippen LogP contribution in [0.2, 0.25) is 0 Å². The minimum Gasteiger partial charge on any atom is -0.457 e. The second-order valence-corrected chi connectivity index (χ2v) is 4.49. The molecule has 1 aliphatic rings. The smallest absolute Gasteiger partial charge is 0.127 e. The molecular formula is C15H16ClNO. The van der Waals surface area contributed by atoms with E-state index in [9.17, 15) is 0 Å². The quantitative estimate of drug-likeness (QED) is 0.914. The van der Waals surface area contributed by atoms with Crippen molar-refractivity contribution in [3.8, 4) is 11.5 Å². The highest BCUT2D eigenvalue weighted by molar-refractivity contribution is 5.85. The molecule has 3 heteroatoms. The minimum absolute atomic E-state index is 0. The summed E-state index contributed by atoms with van der Waals surface area (Å²) in [7, 11) is 0. The SMILES string of the molecule is Cl.NC1CC1c1ccc(Oc2ccccc2)cc1. The second-order valence-electron chi connectivity index (χ2n) is 4.49. The van der Waals surface area contributed by atoms with Crippen molar-refractivity contribution in [1.82, 2.24) is 0 Å². The summed E-state index contributed by atoms with van der Waals surface area (Å²) in [5, 5.41) is 0. The summed E-state index contributed by atoms with van der Waals surface area (Å²) in [4.78, 5) is 0. The van der Waals surface area contributed by atoms with E-state index < -0.39 is 0 Å². The molecule has 0 radical (unpaired) electrons. The van der Waals surface area contributed by atoms with Crippen LogP contribution in [0.1, 0.15) is 17.9 Å². The van der Waals surface area contributed by atoms with Gasteiger partial charge in [-0.05, 0) is 36.2 Å². The normalized spacial score (nSPS) is 20.9. The predicted octanol–water partition coefficient (Wildman–Crippen LogP) is 3.72. The van der Waals surface area contributed by atoms with Gasteiger partial charge in [0.1, 0.15) is 11.5 Å². The summed E-state index contributed by atoms with van der Waals surface area (Å²) < 4.78 is 5.73. The minimum atomic E-state index is 0. The van der Waals surface area contributed by atoms with E-state index in [1.165, 1.54) is 5.56 Å². The third-order valence-electron chi connectivity index (χ3n) is 3.13. The molecule has 0 amide bonds. The molecule has 2 aromatic rings. The van der Waals surface area contributed by atoms with Gasteiger partial charge in [-0.25, -0.2) is 0 Å². The van der Waals surface area contributed by atoms with Gasteiger partial charge >= 0.3 is 0 Å². The average Bonchev–Trinajstić information content (AvgIpc) is 3.09. The first kappa shape index (κ1) is 12.9. The van der Waals surface area contributed by atoms with Crippen LogP contribution < -0.4 is 10.5 Å². The van der Waals surface area contributed by atoms with Crippen molar-refractivity contribution >= 4 is 12.4 Å². The molecule has 2 unspecified atom stereocenters. The topological polar surface area (TPSA) is 35.2 Å². The van der Waals surface area contributed by atoms with Crippen molar-refractivity contribution < 1.29 is 4.74 Å².